The van der Waals surface area contributed by atoms with Gasteiger partial charge < -0.3 is 19.5 Å². The molecule has 5 rings (SSSR count). The van der Waals surface area contributed by atoms with Gasteiger partial charge in [0, 0.05) is 24.0 Å². The van der Waals surface area contributed by atoms with Crippen molar-refractivity contribution < 1.29 is 14.3 Å². The van der Waals surface area contributed by atoms with Crippen LogP contribution in [0, 0.1) is 0 Å². The quantitative estimate of drug-likeness (QED) is 0.378. The zero-order valence-corrected chi connectivity index (χ0v) is 20.7. The van der Waals surface area contributed by atoms with Gasteiger partial charge in [-0.05, 0) is 48.7 Å². The molecule has 1 atom stereocenters. The summed E-state index contributed by atoms with van der Waals surface area (Å²) in [5, 5.41) is 4.08. The molecule has 2 amide bonds. The molecule has 0 fully saturated rings. The molecule has 1 N–H and O–H groups in total. The van der Waals surface area contributed by atoms with E-state index in [1.54, 1.807) is 4.90 Å². The maximum atomic E-state index is 13.9. The molecular weight excluding hydrogens is 450 g/mol. The number of aromatic nitrogens is 1. The van der Waals surface area contributed by atoms with Crippen molar-refractivity contribution in [2.45, 2.75) is 45.4 Å². The predicted molar refractivity (Wildman–Crippen MR) is 141 cm³/mol. The minimum atomic E-state index is -1.07. The summed E-state index contributed by atoms with van der Waals surface area (Å²) in [6, 6.07) is 27.4. The van der Waals surface area contributed by atoms with Gasteiger partial charge in [0.25, 0.3) is 5.91 Å². The average Bonchev–Trinajstić information content (AvgIpc) is 3.28. The van der Waals surface area contributed by atoms with Crippen molar-refractivity contribution in [3.05, 3.63) is 102 Å². The highest BCUT2D eigenvalue weighted by Gasteiger charge is 2.47. The van der Waals surface area contributed by atoms with Crippen molar-refractivity contribution in [2.24, 2.45) is 0 Å². The zero-order valence-electron chi connectivity index (χ0n) is 20.7. The van der Waals surface area contributed by atoms with Gasteiger partial charge in [0.1, 0.15) is 17.0 Å². The lowest BCUT2D eigenvalue weighted by atomic mass is 9.93. The predicted octanol–water partition coefficient (Wildman–Crippen LogP) is 5.16. The van der Waals surface area contributed by atoms with Crippen LogP contribution in [0.5, 0.6) is 5.75 Å². The topological polar surface area (TPSA) is 63.6 Å². The molecule has 1 aliphatic rings. The summed E-state index contributed by atoms with van der Waals surface area (Å²) in [5.41, 5.74) is 2.45. The van der Waals surface area contributed by atoms with Gasteiger partial charge in [-0.3, -0.25) is 9.59 Å². The van der Waals surface area contributed by atoms with Crippen molar-refractivity contribution in [3.8, 4) is 5.75 Å². The molecule has 6 heteroatoms. The number of rotatable bonds is 8. The monoisotopic (exact) mass is 481 g/mol. The highest BCUT2D eigenvalue weighted by Crippen LogP contribution is 2.33. The maximum absolute atomic E-state index is 13.9. The number of para-hydroxylation sites is 1. The lowest BCUT2D eigenvalue weighted by Gasteiger charge is -2.44. The summed E-state index contributed by atoms with van der Waals surface area (Å²) in [7, 11) is 0. The van der Waals surface area contributed by atoms with Crippen molar-refractivity contribution in [1.29, 1.82) is 0 Å². The zero-order chi connectivity index (χ0) is 25.1. The number of fused-ring (bicyclic) bond motifs is 3. The molecule has 184 valence electrons. The Morgan fingerprint density at radius 2 is 1.69 bits per heavy atom. The van der Waals surface area contributed by atoms with E-state index >= 15 is 0 Å². The van der Waals surface area contributed by atoms with E-state index in [0.717, 1.165) is 34.2 Å². The van der Waals surface area contributed by atoms with E-state index in [4.69, 9.17) is 4.74 Å². The SMILES string of the molecule is CCCOc1ccc(CN2C(=O)c3cc4ccccc4n3C[C@@]2(C)C(=O)NCc2ccccc2)cc1. The van der Waals surface area contributed by atoms with Crippen LogP contribution in [0.25, 0.3) is 10.9 Å². The van der Waals surface area contributed by atoms with Crippen LogP contribution in [0.15, 0.2) is 84.9 Å². The lowest BCUT2D eigenvalue weighted by Crippen LogP contribution is -2.63. The first kappa shape index (κ1) is 23.7. The summed E-state index contributed by atoms with van der Waals surface area (Å²) in [5.74, 6) is 0.473. The summed E-state index contributed by atoms with van der Waals surface area (Å²) >= 11 is 0. The Morgan fingerprint density at radius 3 is 2.44 bits per heavy atom. The van der Waals surface area contributed by atoms with Crippen LogP contribution in [0.3, 0.4) is 0 Å². The van der Waals surface area contributed by atoms with Gasteiger partial charge in [-0.25, -0.2) is 0 Å². The van der Waals surface area contributed by atoms with Crippen molar-refractivity contribution >= 4 is 22.7 Å². The summed E-state index contributed by atoms with van der Waals surface area (Å²) in [6.07, 6.45) is 0.939. The number of carbonyl (C=O) groups excluding carboxylic acids is 2. The van der Waals surface area contributed by atoms with E-state index in [1.807, 2.05) is 96.4 Å². The number of hydrogen-bond acceptors (Lipinski definition) is 3. The van der Waals surface area contributed by atoms with E-state index in [-0.39, 0.29) is 11.8 Å². The molecule has 0 spiro atoms. The molecule has 0 aliphatic carbocycles. The van der Waals surface area contributed by atoms with Crippen LogP contribution >= 0.6 is 0 Å². The number of benzene rings is 3. The molecule has 2 heterocycles. The summed E-state index contributed by atoms with van der Waals surface area (Å²) in [6.45, 7) is 5.69. The number of amides is 2. The Kier molecular flexibility index (Phi) is 6.51. The molecule has 3 aromatic carbocycles. The lowest BCUT2D eigenvalue weighted by molar-refractivity contribution is -0.133. The standard InChI is InChI=1S/C30H31N3O3/c1-3-17-36-25-15-13-23(14-16-25)20-33-28(34)27-18-24-11-7-8-12-26(24)32(27)21-30(33,2)29(35)31-19-22-9-5-4-6-10-22/h4-16,18H,3,17,19-21H2,1-2H3,(H,31,35)/t30-/m0/s1. The van der Waals surface area contributed by atoms with Gasteiger partial charge in [-0.15, -0.1) is 0 Å². The maximum Gasteiger partial charge on any atom is 0.271 e. The van der Waals surface area contributed by atoms with Gasteiger partial charge in [0.05, 0.1) is 13.2 Å². The third-order valence-electron chi connectivity index (χ3n) is 6.86. The fraction of sp³-hybridized carbons (Fsp3) is 0.267. The van der Waals surface area contributed by atoms with E-state index in [1.165, 1.54) is 0 Å². The van der Waals surface area contributed by atoms with Gasteiger partial charge in [0.2, 0.25) is 5.91 Å². The average molecular weight is 482 g/mol. The minimum absolute atomic E-state index is 0.152. The van der Waals surface area contributed by atoms with Crippen LogP contribution in [0.4, 0.5) is 0 Å². The van der Waals surface area contributed by atoms with Gasteiger partial charge in [-0.2, -0.15) is 0 Å². The molecule has 0 bridgehead atoms. The van der Waals surface area contributed by atoms with Crippen LogP contribution in [-0.2, 0) is 24.4 Å². The first-order valence-corrected chi connectivity index (χ1v) is 12.4. The molecule has 1 aliphatic heterocycles. The minimum Gasteiger partial charge on any atom is -0.494 e. The van der Waals surface area contributed by atoms with Gasteiger partial charge >= 0.3 is 0 Å². The Labute approximate surface area is 211 Å². The number of carbonyl (C=O) groups is 2. The molecule has 0 unspecified atom stereocenters. The van der Waals surface area contributed by atoms with Crippen LogP contribution in [-0.4, -0.2) is 33.4 Å². The highest BCUT2D eigenvalue weighted by molar-refractivity contribution is 6.03. The van der Waals surface area contributed by atoms with E-state index in [9.17, 15) is 9.59 Å². The van der Waals surface area contributed by atoms with Gasteiger partial charge in [0.15, 0.2) is 0 Å². The Morgan fingerprint density at radius 1 is 0.972 bits per heavy atom. The smallest absolute Gasteiger partial charge is 0.271 e. The van der Waals surface area contributed by atoms with E-state index < -0.39 is 5.54 Å². The highest BCUT2D eigenvalue weighted by atomic mass is 16.5. The molecule has 4 aromatic rings. The first-order valence-electron chi connectivity index (χ1n) is 12.4. The normalized spacial score (nSPS) is 17.2. The van der Waals surface area contributed by atoms with Crippen LogP contribution in [0.1, 0.15) is 41.9 Å². The second-order valence-electron chi connectivity index (χ2n) is 9.50. The summed E-state index contributed by atoms with van der Waals surface area (Å²) in [4.78, 5) is 29.3. The Bertz CT molecular complexity index is 1380. The van der Waals surface area contributed by atoms with Crippen LogP contribution in [0.2, 0.25) is 0 Å². The molecule has 1 aromatic heterocycles. The van der Waals surface area contributed by atoms with E-state index in [0.29, 0.717) is 31.9 Å². The molecule has 6 nitrogen and oxygen atoms in total. The molecule has 0 radical (unpaired) electrons. The third-order valence-corrected chi connectivity index (χ3v) is 6.86. The Hall–Kier alpha value is -4.06. The molecule has 0 saturated carbocycles. The summed E-state index contributed by atoms with van der Waals surface area (Å²) < 4.78 is 7.69. The van der Waals surface area contributed by atoms with Crippen molar-refractivity contribution in [3.63, 3.8) is 0 Å². The van der Waals surface area contributed by atoms with E-state index in [2.05, 4.69) is 12.2 Å². The number of ether oxygens (including phenoxy) is 1. The number of nitrogens with one attached hydrogen (secondary N) is 1. The second-order valence-corrected chi connectivity index (χ2v) is 9.50. The number of hydrogen-bond donors (Lipinski definition) is 1. The van der Waals surface area contributed by atoms with Crippen molar-refractivity contribution in [1.82, 2.24) is 14.8 Å². The molecular formula is C30H31N3O3. The first-order chi connectivity index (χ1) is 17.5. The van der Waals surface area contributed by atoms with Crippen LogP contribution < -0.4 is 10.1 Å². The fourth-order valence-corrected chi connectivity index (χ4v) is 4.82. The fourth-order valence-electron chi connectivity index (χ4n) is 4.82. The van der Waals surface area contributed by atoms with Crippen molar-refractivity contribution in [2.75, 3.05) is 6.61 Å². The second kappa shape index (κ2) is 9.90. The third kappa shape index (κ3) is 4.47. The number of nitrogens with zero attached hydrogens (tertiary/aromatic N) is 2. The van der Waals surface area contributed by atoms with Gasteiger partial charge in [-0.1, -0.05) is 67.6 Å². The molecule has 0 saturated heterocycles. The molecule has 36 heavy (non-hydrogen) atoms. The largest absolute Gasteiger partial charge is 0.494 e. The Balaban J connectivity index is 1.47.